The maximum Gasteiger partial charge on any atom is 0.0465 e. The Labute approximate surface area is 92.4 Å². The van der Waals surface area contributed by atoms with E-state index in [1.807, 2.05) is 0 Å². The summed E-state index contributed by atoms with van der Waals surface area (Å²) >= 11 is 0. The Bertz CT molecular complexity index is 281. The molecule has 1 aromatic carbocycles. The maximum absolute atomic E-state index is 6.17. The molecular weight excluding hydrogens is 186 g/mol. The zero-order valence-corrected chi connectivity index (χ0v) is 9.86. The summed E-state index contributed by atoms with van der Waals surface area (Å²) in [7, 11) is 1.73. The smallest absolute Gasteiger partial charge is 0.0465 e. The fourth-order valence-corrected chi connectivity index (χ4v) is 1.60. The quantitative estimate of drug-likeness (QED) is 0.805. The topological polar surface area (TPSA) is 35.2 Å². The van der Waals surface area contributed by atoms with Gasteiger partial charge in [-0.25, -0.2) is 0 Å². The molecule has 0 aliphatic heterocycles. The molecule has 1 aromatic rings. The lowest BCUT2D eigenvalue weighted by molar-refractivity contribution is 0.174. The number of ether oxygens (including phenoxy) is 1. The standard InChI is InChI=1S/C13H21NO/c1-10-4-6-12(7-5-10)13(14)11(2)8-9-15-3/h4-7,11,13H,8-9,14H2,1-3H3. The van der Waals surface area contributed by atoms with Crippen molar-refractivity contribution < 1.29 is 4.74 Å². The molecule has 0 bridgehead atoms. The van der Waals surface area contributed by atoms with Crippen LogP contribution in [0.2, 0.25) is 0 Å². The van der Waals surface area contributed by atoms with Crippen LogP contribution in [0.25, 0.3) is 0 Å². The highest BCUT2D eigenvalue weighted by Crippen LogP contribution is 2.22. The monoisotopic (exact) mass is 207 g/mol. The van der Waals surface area contributed by atoms with E-state index in [1.165, 1.54) is 11.1 Å². The second-order valence-corrected chi connectivity index (χ2v) is 4.20. The number of benzene rings is 1. The highest BCUT2D eigenvalue weighted by Gasteiger charge is 2.14. The lowest BCUT2D eigenvalue weighted by Crippen LogP contribution is -2.20. The Hall–Kier alpha value is -0.860. The van der Waals surface area contributed by atoms with E-state index in [0.717, 1.165) is 13.0 Å². The first-order valence-corrected chi connectivity index (χ1v) is 5.46. The lowest BCUT2D eigenvalue weighted by atomic mass is 9.92. The number of hydrogen-bond acceptors (Lipinski definition) is 2. The van der Waals surface area contributed by atoms with Crippen molar-refractivity contribution in [2.24, 2.45) is 11.7 Å². The average Bonchev–Trinajstić information content (AvgIpc) is 2.26. The summed E-state index contributed by atoms with van der Waals surface area (Å²) < 4.78 is 5.06. The Balaban J connectivity index is 2.59. The van der Waals surface area contributed by atoms with Crippen LogP contribution in [0.3, 0.4) is 0 Å². The van der Waals surface area contributed by atoms with E-state index in [2.05, 4.69) is 38.1 Å². The molecule has 0 amide bonds. The van der Waals surface area contributed by atoms with Gasteiger partial charge in [0.15, 0.2) is 0 Å². The van der Waals surface area contributed by atoms with E-state index in [4.69, 9.17) is 10.5 Å². The summed E-state index contributed by atoms with van der Waals surface area (Å²) in [5.41, 5.74) is 8.66. The molecule has 2 N–H and O–H groups in total. The molecule has 2 heteroatoms. The average molecular weight is 207 g/mol. The van der Waals surface area contributed by atoms with Gasteiger partial charge in [0.25, 0.3) is 0 Å². The van der Waals surface area contributed by atoms with E-state index >= 15 is 0 Å². The molecule has 0 spiro atoms. The Morgan fingerprint density at radius 1 is 1.27 bits per heavy atom. The molecule has 2 unspecified atom stereocenters. The zero-order valence-electron chi connectivity index (χ0n) is 9.86. The molecule has 2 nitrogen and oxygen atoms in total. The molecule has 2 atom stereocenters. The third kappa shape index (κ3) is 3.65. The summed E-state index contributed by atoms with van der Waals surface area (Å²) in [6.07, 6.45) is 1.01. The molecule has 15 heavy (non-hydrogen) atoms. The van der Waals surface area contributed by atoms with Crippen LogP contribution in [0.15, 0.2) is 24.3 Å². The van der Waals surface area contributed by atoms with Crippen molar-refractivity contribution in [3.63, 3.8) is 0 Å². The molecule has 84 valence electrons. The van der Waals surface area contributed by atoms with Crippen LogP contribution < -0.4 is 5.73 Å². The van der Waals surface area contributed by atoms with Crippen LogP contribution in [0.1, 0.15) is 30.5 Å². The highest BCUT2D eigenvalue weighted by molar-refractivity contribution is 5.24. The minimum absolute atomic E-state index is 0.112. The van der Waals surface area contributed by atoms with Gasteiger partial charge in [0.05, 0.1) is 0 Å². The van der Waals surface area contributed by atoms with Crippen molar-refractivity contribution in [2.45, 2.75) is 26.3 Å². The molecule has 0 heterocycles. The van der Waals surface area contributed by atoms with Crippen molar-refractivity contribution in [3.8, 4) is 0 Å². The Morgan fingerprint density at radius 2 is 1.87 bits per heavy atom. The number of hydrogen-bond donors (Lipinski definition) is 1. The van der Waals surface area contributed by atoms with Crippen LogP contribution in [-0.4, -0.2) is 13.7 Å². The van der Waals surface area contributed by atoms with Crippen molar-refractivity contribution in [1.82, 2.24) is 0 Å². The molecule has 1 rings (SSSR count). The third-order valence-corrected chi connectivity index (χ3v) is 2.85. The van der Waals surface area contributed by atoms with Crippen LogP contribution in [-0.2, 0) is 4.74 Å². The van der Waals surface area contributed by atoms with Crippen LogP contribution in [0.5, 0.6) is 0 Å². The lowest BCUT2D eigenvalue weighted by Gasteiger charge is -2.20. The molecule has 0 saturated carbocycles. The molecule has 0 fully saturated rings. The molecule has 0 saturated heterocycles. The number of rotatable bonds is 5. The summed E-state index contributed by atoms with van der Waals surface area (Å²) in [6, 6.07) is 8.56. The number of methoxy groups -OCH3 is 1. The van der Waals surface area contributed by atoms with E-state index in [0.29, 0.717) is 5.92 Å². The van der Waals surface area contributed by atoms with Crippen molar-refractivity contribution >= 4 is 0 Å². The van der Waals surface area contributed by atoms with Gasteiger partial charge in [-0.3, -0.25) is 0 Å². The van der Waals surface area contributed by atoms with Gasteiger partial charge >= 0.3 is 0 Å². The SMILES string of the molecule is COCCC(C)C(N)c1ccc(C)cc1. The summed E-state index contributed by atoms with van der Waals surface area (Å²) in [6.45, 7) is 5.04. The highest BCUT2D eigenvalue weighted by atomic mass is 16.5. The van der Waals surface area contributed by atoms with Crippen molar-refractivity contribution in [3.05, 3.63) is 35.4 Å². The molecule has 0 aromatic heterocycles. The fraction of sp³-hybridized carbons (Fsp3) is 0.538. The van der Waals surface area contributed by atoms with E-state index in [-0.39, 0.29) is 6.04 Å². The molecule has 0 aliphatic rings. The second-order valence-electron chi connectivity index (χ2n) is 4.20. The number of nitrogens with two attached hydrogens (primary N) is 1. The van der Waals surface area contributed by atoms with Gasteiger partial charge in [0.2, 0.25) is 0 Å². The predicted molar refractivity (Wildman–Crippen MR) is 63.8 cm³/mol. The maximum atomic E-state index is 6.17. The summed E-state index contributed by atoms with van der Waals surface area (Å²) in [4.78, 5) is 0. The van der Waals surface area contributed by atoms with Gasteiger partial charge in [-0.15, -0.1) is 0 Å². The van der Waals surface area contributed by atoms with Crippen molar-refractivity contribution in [2.75, 3.05) is 13.7 Å². The fourth-order valence-electron chi connectivity index (χ4n) is 1.60. The van der Waals surface area contributed by atoms with E-state index in [1.54, 1.807) is 7.11 Å². The summed E-state index contributed by atoms with van der Waals surface area (Å²) in [5.74, 6) is 0.452. The normalized spacial score (nSPS) is 14.9. The van der Waals surface area contributed by atoms with Gasteiger partial charge in [-0.1, -0.05) is 36.8 Å². The van der Waals surface area contributed by atoms with E-state index < -0.39 is 0 Å². The summed E-state index contributed by atoms with van der Waals surface area (Å²) in [5, 5.41) is 0. The predicted octanol–water partition coefficient (Wildman–Crippen LogP) is 2.67. The Morgan fingerprint density at radius 3 is 2.40 bits per heavy atom. The van der Waals surface area contributed by atoms with Crippen molar-refractivity contribution in [1.29, 1.82) is 0 Å². The third-order valence-electron chi connectivity index (χ3n) is 2.85. The van der Waals surface area contributed by atoms with Gasteiger partial charge in [0, 0.05) is 19.8 Å². The van der Waals surface area contributed by atoms with Crippen LogP contribution in [0, 0.1) is 12.8 Å². The largest absolute Gasteiger partial charge is 0.385 e. The first kappa shape index (κ1) is 12.2. The minimum Gasteiger partial charge on any atom is -0.385 e. The number of aryl methyl sites for hydroxylation is 1. The van der Waals surface area contributed by atoms with E-state index in [9.17, 15) is 0 Å². The van der Waals surface area contributed by atoms with Crippen LogP contribution >= 0.6 is 0 Å². The van der Waals surface area contributed by atoms with Crippen LogP contribution in [0.4, 0.5) is 0 Å². The zero-order chi connectivity index (χ0) is 11.3. The van der Waals surface area contributed by atoms with Gasteiger partial charge < -0.3 is 10.5 Å². The molecule has 0 aliphatic carbocycles. The van der Waals surface area contributed by atoms with Gasteiger partial charge in [-0.05, 0) is 24.8 Å². The first-order valence-electron chi connectivity index (χ1n) is 5.46. The van der Waals surface area contributed by atoms with Gasteiger partial charge in [-0.2, -0.15) is 0 Å². The van der Waals surface area contributed by atoms with Gasteiger partial charge in [0.1, 0.15) is 0 Å². The first-order chi connectivity index (χ1) is 7.15. The second kappa shape index (κ2) is 5.89. The Kier molecular flexibility index (Phi) is 4.79. The minimum atomic E-state index is 0.112. The molecule has 0 radical (unpaired) electrons. The molecular formula is C13H21NO.